The van der Waals surface area contributed by atoms with Crippen LogP contribution in [0.2, 0.25) is 0 Å². The maximum Gasteiger partial charge on any atom is 0.322 e. The lowest BCUT2D eigenvalue weighted by atomic mass is 9.67. The molecule has 15 nitrogen and oxygen atoms in total. The summed E-state index contributed by atoms with van der Waals surface area (Å²) in [6.45, 7) is 35.1. The van der Waals surface area contributed by atoms with E-state index in [1.807, 2.05) is 15.2 Å². The number of aromatic nitrogens is 3. The van der Waals surface area contributed by atoms with Crippen molar-refractivity contribution in [2.75, 3.05) is 34.3 Å². The molecule has 4 atom stereocenters. The van der Waals surface area contributed by atoms with E-state index in [9.17, 15) is 14.4 Å². The van der Waals surface area contributed by atoms with Crippen LogP contribution in [0.4, 0.5) is 17.8 Å². The fourth-order valence-electron chi connectivity index (χ4n) is 12.2. The van der Waals surface area contributed by atoms with Gasteiger partial charge in [0.1, 0.15) is 0 Å². The first-order valence-corrected chi connectivity index (χ1v) is 23.7. The highest BCUT2D eigenvalue weighted by atomic mass is 16.7. The van der Waals surface area contributed by atoms with Crippen molar-refractivity contribution >= 4 is 35.8 Å². The SMILES string of the molecule is CCCCN(c1nc2nc(n1)N(CCCC)C1CC(C)(C)N(OC(C)=O)C(C)(C1)CC1(C)CC(CC(C)(C)N1OC(C)=O)N2CCCC)C1CC(C)(C)N(OC(C)=O)C(C)(C)C1. The molecule has 0 amide bonds. The normalized spacial score (nSPS) is 28.6. The zero-order chi connectivity index (χ0) is 46.2. The smallest absolute Gasteiger partial charge is 0.322 e. The summed E-state index contributed by atoms with van der Waals surface area (Å²) in [5, 5.41) is 5.84. The minimum absolute atomic E-state index is 0.0212. The molecular weight excluding hydrogens is 787 g/mol. The molecule has 15 heteroatoms. The molecule has 6 bridgehead atoms. The van der Waals surface area contributed by atoms with Crippen molar-refractivity contribution in [2.45, 2.75) is 246 Å². The van der Waals surface area contributed by atoms with Crippen molar-refractivity contribution in [1.82, 2.24) is 30.1 Å². The Bertz CT molecular complexity index is 1650. The first kappa shape index (κ1) is 49.7. The van der Waals surface area contributed by atoms with Crippen LogP contribution in [0.1, 0.15) is 194 Å². The van der Waals surface area contributed by atoms with Gasteiger partial charge in [-0.15, -0.1) is 15.2 Å². The molecule has 5 heterocycles. The standard InChI is InChI=1S/C47H83N9O6/c1-17-20-23-51(36-26-42(7,8)54(60-33(4)57)43(9,10)27-36)39-48-40-50-41(49-39)53(25-22-19-3)38-29-45(13,14)56(62-35(6)59)47(16,31-38)32-46(15)30-37(52(40)24-21-18-2)28-44(11,12)55(46)61-34(5)58/h36-38H,17-32H2,1-16H3. The highest BCUT2D eigenvalue weighted by Gasteiger charge is 2.60. The van der Waals surface area contributed by atoms with Crippen LogP contribution < -0.4 is 14.7 Å². The van der Waals surface area contributed by atoms with Crippen LogP contribution in [0.5, 0.6) is 0 Å². The van der Waals surface area contributed by atoms with Gasteiger partial charge in [0, 0.05) is 58.5 Å². The molecule has 0 aliphatic carbocycles. The zero-order valence-corrected chi connectivity index (χ0v) is 41.5. The van der Waals surface area contributed by atoms with Crippen LogP contribution in [0, 0.1) is 0 Å². The number of carbonyl (C=O) groups excluding carboxylic acids is 3. The molecule has 0 saturated carbocycles. The fourth-order valence-corrected chi connectivity index (χ4v) is 12.2. The maximum absolute atomic E-state index is 13.0. The van der Waals surface area contributed by atoms with Gasteiger partial charge in [0.05, 0.1) is 33.2 Å². The van der Waals surface area contributed by atoms with E-state index in [1.54, 1.807) is 0 Å². The summed E-state index contributed by atoms with van der Waals surface area (Å²) < 4.78 is 0. The first-order chi connectivity index (χ1) is 28.7. The van der Waals surface area contributed by atoms with E-state index in [2.05, 4.69) is 105 Å². The zero-order valence-electron chi connectivity index (χ0n) is 41.5. The molecule has 0 spiro atoms. The molecule has 62 heavy (non-hydrogen) atoms. The van der Waals surface area contributed by atoms with Crippen molar-refractivity contribution in [3.8, 4) is 0 Å². The van der Waals surface area contributed by atoms with E-state index < -0.39 is 33.2 Å². The van der Waals surface area contributed by atoms with E-state index in [-0.39, 0.29) is 36.0 Å². The predicted molar refractivity (Wildman–Crippen MR) is 244 cm³/mol. The van der Waals surface area contributed by atoms with Crippen molar-refractivity contribution in [2.24, 2.45) is 0 Å². The van der Waals surface area contributed by atoms with Gasteiger partial charge in [0.25, 0.3) is 0 Å². The maximum atomic E-state index is 13.0. The molecule has 4 aliphatic heterocycles. The Kier molecular flexibility index (Phi) is 15.0. The molecule has 0 radical (unpaired) electrons. The Balaban J connectivity index is 1.81. The lowest BCUT2D eigenvalue weighted by Gasteiger charge is -2.61. The quantitative estimate of drug-likeness (QED) is 0.176. The molecule has 3 fully saturated rings. The molecule has 4 unspecified atom stereocenters. The summed E-state index contributed by atoms with van der Waals surface area (Å²) in [4.78, 5) is 80.8. The third-order valence-electron chi connectivity index (χ3n) is 13.8. The number of hydrogen-bond donors (Lipinski definition) is 0. The number of fused-ring (bicyclic) bond motifs is 6. The Hall–Kier alpha value is -3.30. The number of unbranched alkanes of at least 4 members (excludes halogenated alkanes) is 3. The molecule has 0 N–H and O–H groups in total. The third-order valence-corrected chi connectivity index (χ3v) is 13.8. The first-order valence-electron chi connectivity index (χ1n) is 23.7. The Labute approximate surface area is 373 Å². The summed E-state index contributed by atoms with van der Waals surface area (Å²) in [5.41, 5.74) is -3.43. The Morgan fingerprint density at radius 3 is 1.29 bits per heavy atom. The van der Waals surface area contributed by atoms with Crippen LogP contribution in [-0.2, 0) is 28.9 Å². The van der Waals surface area contributed by atoms with E-state index in [4.69, 9.17) is 29.5 Å². The monoisotopic (exact) mass is 870 g/mol. The highest BCUT2D eigenvalue weighted by Crippen LogP contribution is 2.52. The fraction of sp³-hybridized carbons (Fsp3) is 0.872. The van der Waals surface area contributed by atoms with E-state index in [0.29, 0.717) is 49.9 Å². The molecule has 0 aromatic carbocycles. The van der Waals surface area contributed by atoms with Gasteiger partial charge in [-0.1, -0.05) is 40.0 Å². The average Bonchev–Trinajstić information content (AvgIpc) is 3.12. The third kappa shape index (κ3) is 10.6. The largest absolute Gasteiger partial charge is 0.367 e. The second-order valence-corrected chi connectivity index (χ2v) is 22.1. The van der Waals surface area contributed by atoms with Gasteiger partial charge in [-0.2, -0.15) is 15.0 Å². The molecule has 3 saturated heterocycles. The lowest BCUT2D eigenvalue weighted by Crippen LogP contribution is -2.72. The van der Waals surface area contributed by atoms with Gasteiger partial charge in [0.2, 0.25) is 17.8 Å². The van der Waals surface area contributed by atoms with Gasteiger partial charge in [-0.05, 0) is 133 Å². The molecule has 1 aromatic heterocycles. The molecule has 1 aromatic rings. The lowest BCUT2D eigenvalue weighted by molar-refractivity contribution is -0.302. The molecule has 5 rings (SSSR count). The van der Waals surface area contributed by atoms with Crippen LogP contribution in [-0.4, -0.2) is 119 Å². The molecular formula is C47H83N9O6. The van der Waals surface area contributed by atoms with E-state index in [0.717, 1.165) is 71.0 Å². The second-order valence-electron chi connectivity index (χ2n) is 22.1. The van der Waals surface area contributed by atoms with Gasteiger partial charge in [-0.3, -0.25) is 14.4 Å². The summed E-state index contributed by atoms with van der Waals surface area (Å²) in [7, 11) is 0. The minimum Gasteiger partial charge on any atom is -0.367 e. The van der Waals surface area contributed by atoms with Crippen LogP contribution in [0.15, 0.2) is 0 Å². The Morgan fingerprint density at radius 2 is 0.919 bits per heavy atom. The minimum atomic E-state index is -0.681. The van der Waals surface area contributed by atoms with Gasteiger partial charge >= 0.3 is 17.9 Å². The van der Waals surface area contributed by atoms with Crippen molar-refractivity contribution in [3.63, 3.8) is 0 Å². The Morgan fingerprint density at radius 1 is 0.548 bits per heavy atom. The van der Waals surface area contributed by atoms with Crippen molar-refractivity contribution in [3.05, 3.63) is 0 Å². The van der Waals surface area contributed by atoms with Gasteiger partial charge in [-0.25, -0.2) is 0 Å². The average molecular weight is 870 g/mol. The summed E-state index contributed by atoms with van der Waals surface area (Å²) in [6, 6.07) is 0.0102. The van der Waals surface area contributed by atoms with Crippen molar-refractivity contribution < 1.29 is 28.9 Å². The molecule has 352 valence electrons. The summed E-state index contributed by atoms with van der Waals surface area (Å²) in [6.07, 6.45) is 10.6. The predicted octanol–water partition coefficient (Wildman–Crippen LogP) is 8.55. The van der Waals surface area contributed by atoms with Crippen LogP contribution in [0.25, 0.3) is 0 Å². The number of nitrogens with zero attached hydrogens (tertiary/aromatic N) is 9. The topological polar surface area (TPSA) is 137 Å². The van der Waals surface area contributed by atoms with E-state index >= 15 is 0 Å². The summed E-state index contributed by atoms with van der Waals surface area (Å²) in [5.74, 6) is 1.01. The highest BCUT2D eigenvalue weighted by molar-refractivity contribution is 5.66. The number of piperidine rings is 3. The van der Waals surface area contributed by atoms with E-state index in [1.165, 1.54) is 20.8 Å². The number of carbonyl (C=O) groups is 3. The van der Waals surface area contributed by atoms with Crippen LogP contribution >= 0.6 is 0 Å². The number of hydrogen-bond acceptors (Lipinski definition) is 15. The van der Waals surface area contributed by atoms with Gasteiger partial charge in [0.15, 0.2) is 0 Å². The van der Waals surface area contributed by atoms with Crippen LogP contribution in [0.3, 0.4) is 0 Å². The number of anilines is 3. The number of rotatable bonds is 14. The second kappa shape index (κ2) is 18.7. The summed E-state index contributed by atoms with van der Waals surface area (Å²) >= 11 is 0. The van der Waals surface area contributed by atoms with Gasteiger partial charge < -0.3 is 29.2 Å². The number of hydroxylamine groups is 6. The van der Waals surface area contributed by atoms with Crippen molar-refractivity contribution in [1.29, 1.82) is 0 Å². The molecule has 4 aliphatic rings.